The number of guanidine groups is 1. The summed E-state index contributed by atoms with van der Waals surface area (Å²) in [5.74, 6) is 2.64. The summed E-state index contributed by atoms with van der Waals surface area (Å²) in [6.45, 7) is 10.1. The number of nitrogens with one attached hydrogen (secondary N) is 2. The molecule has 1 heterocycles. The Labute approximate surface area is 181 Å². The molecule has 1 aromatic heterocycles. The van der Waals surface area contributed by atoms with Crippen LogP contribution in [0.25, 0.3) is 0 Å². The molecule has 0 amide bonds. The van der Waals surface area contributed by atoms with Gasteiger partial charge in [0.05, 0.1) is 6.10 Å². The third kappa shape index (κ3) is 5.34. The SMILES string of the molecule is CCCCNC(=NCc1nnc(C)n1C)NC1CC(OC)C1(CC)CC.I. The summed E-state index contributed by atoms with van der Waals surface area (Å²) in [5, 5.41) is 15.5. The highest BCUT2D eigenvalue weighted by Gasteiger charge is 2.53. The first kappa shape index (κ1) is 24.1. The summed E-state index contributed by atoms with van der Waals surface area (Å²) in [6.07, 6.45) is 5.84. The molecule has 0 saturated heterocycles. The van der Waals surface area contributed by atoms with E-state index in [1.54, 1.807) is 0 Å². The van der Waals surface area contributed by atoms with Gasteiger partial charge in [0.1, 0.15) is 12.4 Å². The van der Waals surface area contributed by atoms with Gasteiger partial charge in [0, 0.05) is 32.2 Å². The minimum atomic E-state index is 0. The van der Waals surface area contributed by atoms with Crippen molar-refractivity contribution in [1.29, 1.82) is 0 Å². The molecule has 8 heteroatoms. The Balaban J connectivity index is 0.00000364. The van der Waals surface area contributed by atoms with E-state index in [0.29, 0.717) is 18.7 Å². The number of aryl methyl sites for hydroxylation is 1. The molecule has 0 aromatic carbocycles. The van der Waals surface area contributed by atoms with Crippen LogP contribution in [0.5, 0.6) is 0 Å². The highest BCUT2D eigenvalue weighted by Crippen LogP contribution is 2.48. The molecule has 0 bridgehead atoms. The lowest BCUT2D eigenvalue weighted by Crippen LogP contribution is -2.65. The normalized spacial score (nSPS) is 21.3. The topological polar surface area (TPSA) is 76.4 Å². The van der Waals surface area contributed by atoms with E-state index in [2.05, 4.69) is 41.6 Å². The Morgan fingerprint density at radius 3 is 2.52 bits per heavy atom. The molecule has 1 aromatic rings. The van der Waals surface area contributed by atoms with Gasteiger partial charge < -0.3 is 19.9 Å². The smallest absolute Gasteiger partial charge is 0.191 e. The Morgan fingerprint density at radius 1 is 1.30 bits per heavy atom. The second kappa shape index (κ2) is 11.2. The van der Waals surface area contributed by atoms with Gasteiger partial charge in [-0.05, 0) is 32.6 Å². The lowest BCUT2D eigenvalue weighted by molar-refractivity contribution is -0.118. The van der Waals surface area contributed by atoms with Crippen molar-refractivity contribution in [2.75, 3.05) is 13.7 Å². The summed E-state index contributed by atoms with van der Waals surface area (Å²) in [7, 11) is 3.80. The van der Waals surface area contributed by atoms with Gasteiger partial charge in [-0.15, -0.1) is 34.2 Å². The van der Waals surface area contributed by atoms with E-state index in [4.69, 9.17) is 9.73 Å². The molecule has 0 aliphatic heterocycles. The number of rotatable bonds is 9. The molecule has 2 N–H and O–H groups in total. The van der Waals surface area contributed by atoms with Crippen molar-refractivity contribution in [3.05, 3.63) is 11.6 Å². The number of aromatic nitrogens is 3. The zero-order chi connectivity index (χ0) is 19.2. The number of ether oxygens (including phenoxy) is 1. The van der Waals surface area contributed by atoms with Crippen molar-refractivity contribution >= 4 is 29.9 Å². The fourth-order valence-corrected chi connectivity index (χ4v) is 3.92. The van der Waals surface area contributed by atoms with Crippen molar-refractivity contribution in [2.45, 2.75) is 78.5 Å². The van der Waals surface area contributed by atoms with Gasteiger partial charge in [0.25, 0.3) is 0 Å². The van der Waals surface area contributed by atoms with E-state index in [9.17, 15) is 0 Å². The Morgan fingerprint density at radius 2 is 2.00 bits per heavy atom. The quantitative estimate of drug-likeness (QED) is 0.240. The maximum absolute atomic E-state index is 5.72. The molecular weight excluding hydrogens is 455 g/mol. The lowest BCUT2D eigenvalue weighted by atomic mass is 9.58. The number of nitrogens with zero attached hydrogens (tertiary/aromatic N) is 4. The van der Waals surface area contributed by atoms with Crippen LogP contribution in [0.15, 0.2) is 4.99 Å². The van der Waals surface area contributed by atoms with Gasteiger partial charge in [-0.25, -0.2) is 4.99 Å². The van der Waals surface area contributed by atoms with Crippen molar-refractivity contribution in [1.82, 2.24) is 25.4 Å². The Hall–Kier alpha value is -0.900. The minimum absolute atomic E-state index is 0. The Bertz CT molecular complexity index is 599. The third-order valence-corrected chi connectivity index (χ3v) is 6.08. The van der Waals surface area contributed by atoms with Crippen LogP contribution in [0.4, 0.5) is 0 Å². The zero-order valence-electron chi connectivity index (χ0n) is 17.7. The van der Waals surface area contributed by atoms with Crippen LogP contribution in [-0.2, 0) is 18.3 Å². The molecular formula is C19H37IN6O. The summed E-state index contributed by atoms with van der Waals surface area (Å²) < 4.78 is 7.71. The van der Waals surface area contributed by atoms with Crippen LogP contribution in [0, 0.1) is 12.3 Å². The molecule has 0 radical (unpaired) electrons. The molecule has 27 heavy (non-hydrogen) atoms. The van der Waals surface area contributed by atoms with Crippen molar-refractivity contribution in [2.24, 2.45) is 17.5 Å². The number of hydrogen-bond acceptors (Lipinski definition) is 4. The molecule has 7 nitrogen and oxygen atoms in total. The monoisotopic (exact) mass is 492 g/mol. The summed E-state index contributed by atoms with van der Waals surface area (Å²) in [4.78, 5) is 4.78. The van der Waals surface area contributed by atoms with E-state index in [-0.39, 0.29) is 29.4 Å². The van der Waals surface area contributed by atoms with Crippen LogP contribution in [0.2, 0.25) is 0 Å². The lowest BCUT2D eigenvalue weighted by Gasteiger charge is -2.55. The first-order valence-corrected chi connectivity index (χ1v) is 9.94. The van der Waals surface area contributed by atoms with Crippen LogP contribution < -0.4 is 10.6 Å². The molecule has 1 saturated carbocycles. The van der Waals surface area contributed by atoms with Crippen LogP contribution in [-0.4, -0.2) is 46.5 Å². The molecule has 2 atom stereocenters. The van der Waals surface area contributed by atoms with Crippen LogP contribution >= 0.6 is 24.0 Å². The van der Waals surface area contributed by atoms with Gasteiger partial charge in [-0.1, -0.05) is 27.2 Å². The highest BCUT2D eigenvalue weighted by atomic mass is 127. The van der Waals surface area contributed by atoms with Crippen molar-refractivity contribution in [3.63, 3.8) is 0 Å². The average molecular weight is 492 g/mol. The fourth-order valence-electron chi connectivity index (χ4n) is 3.92. The second-order valence-corrected chi connectivity index (χ2v) is 7.26. The molecule has 0 spiro atoms. The molecule has 2 unspecified atom stereocenters. The first-order valence-electron chi connectivity index (χ1n) is 9.94. The number of aliphatic imine (C=N–C) groups is 1. The van der Waals surface area contributed by atoms with E-state index >= 15 is 0 Å². The summed E-state index contributed by atoms with van der Waals surface area (Å²) in [6, 6.07) is 0.386. The van der Waals surface area contributed by atoms with Crippen LogP contribution in [0.1, 0.15) is 64.5 Å². The van der Waals surface area contributed by atoms with Gasteiger partial charge in [0.2, 0.25) is 0 Å². The number of methoxy groups -OCH3 is 1. The summed E-state index contributed by atoms with van der Waals surface area (Å²) in [5.41, 5.74) is 0.184. The maximum atomic E-state index is 5.72. The second-order valence-electron chi connectivity index (χ2n) is 7.26. The third-order valence-electron chi connectivity index (χ3n) is 6.08. The van der Waals surface area contributed by atoms with E-state index < -0.39 is 0 Å². The number of unbranched alkanes of at least 4 members (excludes halogenated alkanes) is 1. The molecule has 156 valence electrons. The zero-order valence-corrected chi connectivity index (χ0v) is 20.0. The fraction of sp³-hybridized carbons (Fsp3) is 0.842. The maximum Gasteiger partial charge on any atom is 0.191 e. The molecule has 2 rings (SSSR count). The van der Waals surface area contributed by atoms with Gasteiger partial charge in [-0.2, -0.15) is 0 Å². The molecule has 1 fully saturated rings. The average Bonchev–Trinajstić information content (AvgIpc) is 2.95. The Kier molecular flexibility index (Phi) is 10.0. The number of hydrogen-bond donors (Lipinski definition) is 2. The predicted molar refractivity (Wildman–Crippen MR) is 121 cm³/mol. The van der Waals surface area contributed by atoms with Crippen LogP contribution in [0.3, 0.4) is 0 Å². The van der Waals surface area contributed by atoms with Gasteiger partial charge >= 0.3 is 0 Å². The summed E-state index contributed by atoms with van der Waals surface area (Å²) >= 11 is 0. The first-order chi connectivity index (χ1) is 12.5. The van der Waals surface area contributed by atoms with E-state index in [1.807, 2.05) is 25.6 Å². The predicted octanol–water partition coefficient (Wildman–Crippen LogP) is 3.17. The van der Waals surface area contributed by atoms with E-state index in [0.717, 1.165) is 56.3 Å². The van der Waals surface area contributed by atoms with E-state index in [1.165, 1.54) is 0 Å². The van der Waals surface area contributed by atoms with Crippen molar-refractivity contribution < 1.29 is 4.74 Å². The standard InChI is InChI=1S/C19H36N6O.HI/c1-7-10-11-20-18(21-13-17-24-23-14(4)25(17)5)22-15-12-16(26-6)19(15,8-2)9-3;/h15-16H,7-13H2,1-6H3,(H2,20,21,22);1H. The molecule has 1 aliphatic carbocycles. The number of halogens is 1. The van der Waals surface area contributed by atoms with Gasteiger partial charge in [-0.3, -0.25) is 0 Å². The van der Waals surface area contributed by atoms with Gasteiger partial charge in [0.15, 0.2) is 11.8 Å². The minimum Gasteiger partial charge on any atom is -0.381 e. The largest absolute Gasteiger partial charge is 0.381 e. The highest BCUT2D eigenvalue weighted by molar-refractivity contribution is 14.0. The van der Waals surface area contributed by atoms with Crippen molar-refractivity contribution in [3.8, 4) is 0 Å². The molecule has 1 aliphatic rings.